The molecule has 0 saturated carbocycles. The van der Waals surface area contributed by atoms with Crippen molar-refractivity contribution in [3.63, 3.8) is 0 Å². The largest absolute Gasteiger partial charge is 0.381 e. The van der Waals surface area contributed by atoms with E-state index in [4.69, 9.17) is 14.2 Å². The van der Waals surface area contributed by atoms with Gasteiger partial charge in [-0.3, -0.25) is 9.59 Å². The van der Waals surface area contributed by atoms with Crippen molar-refractivity contribution in [2.75, 3.05) is 52.7 Å². The van der Waals surface area contributed by atoms with Gasteiger partial charge in [0.2, 0.25) is 11.8 Å². The predicted molar refractivity (Wildman–Crippen MR) is 130 cm³/mol. The van der Waals surface area contributed by atoms with Gasteiger partial charge in [-0.2, -0.15) is 0 Å². The van der Waals surface area contributed by atoms with E-state index in [9.17, 15) is 9.59 Å². The van der Waals surface area contributed by atoms with Gasteiger partial charge in [-0.1, -0.05) is 41.5 Å². The van der Waals surface area contributed by atoms with E-state index in [1.54, 1.807) is 6.92 Å². The molecule has 0 aromatic rings. The van der Waals surface area contributed by atoms with E-state index in [2.05, 4.69) is 32.6 Å². The first kappa shape index (κ1) is 28.1. The third kappa shape index (κ3) is 9.18. The minimum absolute atomic E-state index is 0.0220. The summed E-state index contributed by atoms with van der Waals surface area (Å²) >= 11 is 0. The quantitative estimate of drug-likeness (QED) is 0.462. The Balaban J connectivity index is 1.92. The van der Waals surface area contributed by atoms with Crippen LogP contribution in [0, 0.1) is 16.7 Å². The third-order valence-corrected chi connectivity index (χ3v) is 6.63. The molecule has 2 aliphatic heterocycles. The van der Waals surface area contributed by atoms with Crippen molar-refractivity contribution in [1.29, 1.82) is 0 Å². The number of hydrogen-bond acceptors (Lipinski definition) is 5. The van der Waals surface area contributed by atoms with E-state index >= 15 is 0 Å². The maximum Gasteiger partial charge on any atom is 0.225 e. The standard InChI is InChI=1S/C26H48N2O5/c1-20(2)24(30)28(23-10-14-32-15-11-23)17-26(6,7)19-33-18-25(4,5)16-27(21(3)29)22-8-12-31-13-9-22/h20,22-23H,8-19H2,1-7H3. The van der Waals surface area contributed by atoms with Gasteiger partial charge in [0.05, 0.1) is 13.2 Å². The van der Waals surface area contributed by atoms with Gasteiger partial charge in [0, 0.05) is 75.3 Å². The molecule has 192 valence electrons. The van der Waals surface area contributed by atoms with Crippen LogP contribution in [-0.2, 0) is 23.8 Å². The van der Waals surface area contributed by atoms with Crippen LogP contribution in [0.15, 0.2) is 0 Å². The van der Waals surface area contributed by atoms with Crippen LogP contribution in [-0.4, -0.2) is 86.4 Å². The fourth-order valence-corrected chi connectivity index (χ4v) is 4.83. The molecule has 0 unspecified atom stereocenters. The maximum absolute atomic E-state index is 13.0. The molecule has 2 saturated heterocycles. The molecule has 0 aromatic heterocycles. The fraction of sp³-hybridized carbons (Fsp3) is 0.923. The first-order valence-corrected chi connectivity index (χ1v) is 12.7. The second-order valence-electron chi connectivity index (χ2n) is 11.8. The number of hydrogen-bond donors (Lipinski definition) is 0. The lowest BCUT2D eigenvalue weighted by Gasteiger charge is -2.41. The van der Waals surface area contributed by atoms with Gasteiger partial charge in [0.15, 0.2) is 0 Å². The van der Waals surface area contributed by atoms with Gasteiger partial charge in [0.25, 0.3) is 0 Å². The molecule has 0 aliphatic carbocycles. The second kappa shape index (κ2) is 12.5. The Morgan fingerprint density at radius 1 is 0.818 bits per heavy atom. The lowest BCUT2D eigenvalue weighted by atomic mass is 9.90. The van der Waals surface area contributed by atoms with Crippen molar-refractivity contribution in [3.8, 4) is 0 Å². The zero-order valence-electron chi connectivity index (χ0n) is 22.2. The average molecular weight is 469 g/mol. The van der Waals surface area contributed by atoms with Crippen LogP contribution in [0.5, 0.6) is 0 Å². The van der Waals surface area contributed by atoms with Gasteiger partial charge in [0.1, 0.15) is 0 Å². The predicted octanol–water partition coefficient (Wildman–Crippen LogP) is 3.75. The summed E-state index contributed by atoms with van der Waals surface area (Å²) in [5.41, 5.74) is -0.325. The SMILES string of the molecule is CC(=O)N(CC(C)(C)COCC(C)(C)CN(C(=O)C(C)C)C1CCOCC1)C1CCOCC1. The highest BCUT2D eigenvalue weighted by Gasteiger charge is 2.34. The Morgan fingerprint density at radius 2 is 1.21 bits per heavy atom. The molecular formula is C26H48N2O5. The van der Waals surface area contributed by atoms with Crippen molar-refractivity contribution < 1.29 is 23.8 Å². The Morgan fingerprint density at radius 3 is 1.61 bits per heavy atom. The molecule has 0 spiro atoms. The first-order chi connectivity index (χ1) is 15.4. The zero-order chi connectivity index (χ0) is 24.6. The Kier molecular flexibility index (Phi) is 10.6. The number of rotatable bonds is 11. The highest BCUT2D eigenvalue weighted by Crippen LogP contribution is 2.27. The highest BCUT2D eigenvalue weighted by atomic mass is 16.5. The van der Waals surface area contributed by atoms with Crippen molar-refractivity contribution >= 4 is 11.8 Å². The summed E-state index contributed by atoms with van der Waals surface area (Å²) in [6.45, 7) is 19.6. The normalized spacial score (nSPS) is 19.0. The summed E-state index contributed by atoms with van der Waals surface area (Å²) in [6, 6.07) is 0.495. The number of carbonyl (C=O) groups is 2. The number of carbonyl (C=O) groups excluding carboxylic acids is 2. The molecule has 7 heteroatoms. The van der Waals surface area contributed by atoms with Crippen LogP contribution < -0.4 is 0 Å². The lowest BCUT2D eigenvalue weighted by molar-refractivity contribution is -0.141. The summed E-state index contributed by atoms with van der Waals surface area (Å²) in [5.74, 6) is 0.310. The summed E-state index contributed by atoms with van der Waals surface area (Å²) in [7, 11) is 0. The molecule has 2 amide bonds. The molecule has 2 aliphatic rings. The molecule has 0 atom stereocenters. The van der Waals surface area contributed by atoms with Gasteiger partial charge in [-0.25, -0.2) is 0 Å². The lowest BCUT2D eigenvalue weighted by Crippen LogP contribution is -2.50. The van der Waals surface area contributed by atoms with E-state index in [-0.39, 0.29) is 40.6 Å². The maximum atomic E-state index is 13.0. The molecule has 2 rings (SSSR count). The number of nitrogens with zero attached hydrogens (tertiary/aromatic N) is 2. The van der Waals surface area contributed by atoms with Gasteiger partial charge >= 0.3 is 0 Å². The fourth-order valence-electron chi connectivity index (χ4n) is 4.83. The van der Waals surface area contributed by atoms with Crippen LogP contribution in [0.25, 0.3) is 0 Å². The van der Waals surface area contributed by atoms with Crippen LogP contribution >= 0.6 is 0 Å². The summed E-state index contributed by atoms with van der Waals surface area (Å²) in [5, 5.41) is 0. The molecule has 33 heavy (non-hydrogen) atoms. The van der Waals surface area contributed by atoms with E-state index in [1.807, 2.05) is 18.7 Å². The minimum atomic E-state index is -0.167. The van der Waals surface area contributed by atoms with E-state index < -0.39 is 0 Å². The monoisotopic (exact) mass is 468 g/mol. The molecular weight excluding hydrogens is 420 g/mol. The number of amides is 2. The molecule has 7 nitrogen and oxygen atoms in total. The van der Waals surface area contributed by atoms with Gasteiger partial charge < -0.3 is 24.0 Å². The molecule has 0 radical (unpaired) electrons. The molecule has 2 fully saturated rings. The summed E-state index contributed by atoms with van der Waals surface area (Å²) in [6.07, 6.45) is 3.59. The summed E-state index contributed by atoms with van der Waals surface area (Å²) < 4.78 is 17.2. The molecule has 2 heterocycles. The highest BCUT2D eigenvalue weighted by molar-refractivity contribution is 5.78. The van der Waals surface area contributed by atoms with Crippen LogP contribution in [0.1, 0.15) is 74.1 Å². The summed E-state index contributed by atoms with van der Waals surface area (Å²) in [4.78, 5) is 29.4. The minimum Gasteiger partial charge on any atom is -0.381 e. The van der Waals surface area contributed by atoms with Crippen LogP contribution in [0.2, 0.25) is 0 Å². The smallest absolute Gasteiger partial charge is 0.225 e. The van der Waals surface area contributed by atoms with E-state index in [1.165, 1.54) is 0 Å². The van der Waals surface area contributed by atoms with E-state index in [0.717, 1.165) is 52.1 Å². The van der Waals surface area contributed by atoms with Crippen molar-refractivity contribution in [2.24, 2.45) is 16.7 Å². The van der Waals surface area contributed by atoms with Gasteiger partial charge in [-0.05, 0) is 25.7 Å². The van der Waals surface area contributed by atoms with E-state index in [0.29, 0.717) is 26.3 Å². The van der Waals surface area contributed by atoms with Crippen molar-refractivity contribution in [1.82, 2.24) is 9.80 Å². The Hall–Kier alpha value is -1.18. The van der Waals surface area contributed by atoms with Crippen molar-refractivity contribution in [2.45, 2.75) is 86.2 Å². The first-order valence-electron chi connectivity index (χ1n) is 12.7. The Bertz CT molecular complexity index is 622. The van der Waals surface area contributed by atoms with Crippen LogP contribution in [0.4, 0.5) is 0 Å². The van der Waals surface area contributed by atoms with Gasteiger partial charge in [-0.15, -0.1) is 0 Å². The average Bonchev–Trinajstić information content (AvgIpc) is 2.76. The molecule has 0 aromatic carbocycles. The van der Waals surface area contributed by atoms with Crippen molar-refractivity contribution in [3.05, 3.63) is 0 Å². The van der Waals surface area contributed by atoms with Crippen LogP contribution in [0.3, 0.4) is 0 Å². The third-order valence-electron chi connectivity index (χ3n) is 6.63. The Labute approximate surface area is 201 Å². The molecule has 0 N–H and O–H groups in total. The second-order valence-corrected chi connectivity index (χ2v) is 11.8. The molecule has 0 bridgehead atoms. The number of ether oxygens (including phenoxy) is 3. The zero-order valence-corrected chi connectivity index (χ0v) is 22.2. The topological polar surface area (TPSA) is 68.3 Å².